The highest BCUT2D eigenvalue weighted by Gasteiger charge is 2.17. The van der Waals surface area contributed by atoms with Gasteiger partial charge in [0.05, 0.1) is 14.2 Å². The minimum atomic E-state index is -0.343. The van der Waals surface area contributed by atoms with Gasteiger partial charge in [-0.1, -0.05) is 29.5 Å². The van der Waals surface area contributed by atoms with Gasteiger partial charge in [0.2, 0.25) is 5.13 Å². The molecule has 0 radical (unpaired) electrons. The molecule has 0 aliphatic carbocycles. The molecule has 0 aliphatic heterocycles. The fourth-order valence-electron chi connectivity index (χ4n) is 2.85. The van der Waals surface area contributed by atoms with Gasteiger partial charge in [-0.2, -0.15) is 0 Å². The number of benzene rings is 2. The molecular weight excluding hydrogens is 393 g/mol. The van der Waals surface area contributed by atoms with Crippen molar-refractivity contribution in [2.75, 3.05) is 19.5 Å². The normalized spacial score (nSPS) is 10.4. The van der Waals surface area contributed by atoms with Crippen molar-refractivity contribution in [3.05, 3.63) is 76.6 Å². The smallest absolute Gasteiger partial charge is 0.257 e. The fourth-order valence-corrected chi connectivity index (χ4v) is 3.62. The zero-order chi connectivity index (χ0) is 20.8. The number of hydrogen-bond acceptors (Lipinski definition) is 6. The van der Waals surface area contributed by atoms with Crippen LogP contribution in [0.5, 0.6) is 11.5 Å². The third kappa shape index (κ3) is 4.97. The molecule has 3 aromatic rings. The molecule has 3 rings (SSSR count). The zero-order valence-corrected chi connectivity index (χ0v) is 16.9. The van der Waals surface area contributed by atoms with Crippen LogP contribution in [0.15, 0.2) is 49.1 Å². The second-order valence-corrected chi connectivity index (χ2v) is 7.19. The molecule has 150 valence electrons. The Morgan fingerprint density at radius 2 is 2.07 bits per heavy atom. The second kappa shape index (κ2) is 9.29. The van der Waals surface area contributed by atoms with Crippen molar-refractivity contribution >= 4 is 22.4 Å². The van der Waals surface area contributed by atoms with Crippen molar-refractivity contribution in [1.29, 1.82) is 0 Å². The molecule has 0 bridgehead atoms. The summed E-state index contributed by atoms with van der Waals surface area (Å²) in [6.07, 6.45) is 2.69. The van der Waals surface area contributed by atoms with Gasteiger partial charge in [-0.3, -0.25) is 10.1 Å². The van der Waals surface area contributed by atoms with E-state index in [2.05, 4.69) is 22.1 Å². The molecule has 0 unspecified atom stereocenters. The lowest BCUT2D eigenvalue weighted by molar-refractivity contribution is 0.102. The molecule has 0 atom stereocenters. The van der Waals surface area contributed by atoms with Crippen LogP contribution in [-0.4, -0.2) is 30.3 Å². The highest BCUT2D eigenvalue weighted by Crippen LogP contribution is 2.33. The van der Waals surface area contributed by atoms with E-state index in [1.807, 2.05) is 6.07 Å². The molecule has 0 spiro atoms. The highest BCUT2D eigenvalue weighted by molar-refractivity contribution is 7.15. The van der Waals surface area contributed by atoms with Gasteiger partial charge in [0.1, 0.15) is 10.8 Å². The molecule has 1 heterocycles. The third-order valence-corrected chi connectivity index (χ3v) is 4.95. The summed E-state index contributed by atoms with van der Waals surface area (Å²) < 4.78 is 24.1. The Hall–Kier alpha value is -3.26. The van der Waals surface area contributed by atoms with Crippen LogP contribution in [0.4, 0.5) is 9.52 Å². The lowest BCUT2D eigenvalue weighted by Gasteiger charge is -2.14. The number of anilines is 1. The molecule has 0 saturated carbocycles. The van der Waals surface area contributed by atoms with Gasteiger partial charge in [-0.25, -0.2) is 4.39 Å². The van der Waals surface area contributed by atoms with E-state index in [-0.39, 0.29) is 11.7 Å². The maximum absolute atomic E-state index is 13.3. The van der Waals surface area contributed by atoms with E-state index in [9.17, 15) is 9.18 Å². The first-order valence-corrected chi connectivity index (χ1v) is 9.59. The zero-order valence-electron chi connectivity index (χ0n) is 16.1. The molecule has 1 N–H and O–H groups in total. The number of nitrogens with zero attached hydrogens (tertiary/aromatic N) is 2. The van der Waals surface area contributed by atoms with Crippen LogP contribution in [0.25, 0.3) is 0 Å². The Bertz CT molecular complexity index is 1040. The summed E-state index contributed by atoms with van der Waals surface area (Å²) >= 11 is 1.24. The Balaban J connectivity index is 1.77. The lowest BCUT2D eigenvalue weighted by atomic mass is 10.1. The molecule has 0 saturated heterocycles. The fraction of sp³-hybridized carbons (Fsp3) is 0.190. The van der Waals surface area contributed by atoms with Gasteiger partial charge in [0, 0.05) is 17.5 Å². The lowest BCUT2D eigenvalue weighted by Crippen LogP contribution is -2.13. The van der Waals surface area contributed by atoms with Gasteiger partial charge < -0.3 is 9.47 Å². The summed E-state index contributed by atoms with van der Waals surface area (Å²) in [5, 5.41) is 11.9. The number of amides is 1. The minimum absolute atomic E-state index is 0.302. The van der Waals surface area contributed by atoms with E-state index in [1.54, 1.807) is 31.4 Å². The number of allylic oxidation sites excluding steroid dienone is 1. The number of aromatic nitrogens is 2. The molecule has 8 heteroatoms. The summed E-state index contributed by atoms with van der Waals surface area (Å²) in [7, 11) is 3.06. The molecule has 0 fully saturated rings. The number of methoxy groups -OCH3 is 2. The predicted octanol–water partition coefficient (Wildman–Crippen LogP) is 4.27. The van der Waals surface area contributed by atoms with Gasteiger partial charge in [-0.15, -0.1) is 16.8 Å². The quantitative estimate of drug-likeness (QED) is 0.559. The van der Waals surface area contributed by atoms with E-state index < -0.39 is 0 Å². The second-order valence-electron chi connectivity index (χ2n) is 6.13. The van der Waals surface area contributed by atoms with E-state index in [0.29, 0.717) is 40.0 Å². The van der Waals surface area contributed by atoms with E-state index in [0.717, 1.165) is 11.1 Å². The first kappa shape index (κ1) is 20.5. The average Bonchev–Trinajstić information content (AvgIpc) is 3.14. The highest BCUT2D eigenvalue weighted by atomic mass is 32.1. The van der Waals surface area contributed by atoms with E-state index >= 15 is 0 Å². The van der Waals surface area contributed by atoms with Gasteiger partial charge in [-0.05, 0) is 36.2 Å². The summed E-state index contributed by atoms with van der Waals surface area (Å²) in [5.41, 5.74) is 1.98. The number of halogens is 1. The standard InChI is InChI=1S/C21H20FN3O3S/c1-4-6-14-11-15(12-17(27-2)19(14)28-3)20(26)23-21-25-24-18(29-21)10-13-7-5-8-16(22)9-13/h4-5,7-9,11-12H,1,6,10H2,2-3H3,(H,23,25,26). The van der Waals surface area contributed by atoms with Gasteiger partial charge in [0.25, 0.3) is 5.91 Å². The van der Waals surface area contributed by atoms with Crippen molar-refractivity contribution < 1.29 is 18.7 Å². The maximum Gasteiger partial charge on any atom is 0.257 e. The minimum Gasteiger partial charge on any atom is -0.493 e. The molecule has 1 amide bonds. The van der Waals surface area contributed by atoms with Crippen molar-refractivity contribution in [3.8, 4) is 11.5 Å². The number of carbonyl (C=O) groups is 1. The van der Waals surface area contributed by atoms with E-state index in [1.165, 1.54) is 30.6 Å². The molecule has 0 aliphatic rings. The van der Waals surface area contributed by atoms with Crippen LogP contribution in [-0.2, 0) is 12.8 Å². The number of nitrogens with one attached hydrogen (secondary N) is 1. The maximum atomic E-state index is 13.3. The Morgan fingerprint density at radius 3 is 2.76 bits per heavy atom. The topological polar surface area (TPSA) is 73.3 Å². The summed E-state index contributed by atoms with van der Waals surface area (Å²) in [6, 6.07) is 9.63. The molecule has 6 nitrogen and oxygen atoms in total. The average molecular weight is 413 g/mol. The number of hydrogen-bond donors (Lipinski definition) is 1. The van der Waals surface area contributed by atoms with Crippen molar-refractivity contribution in [1.82, 2.24) is 10.2 Å². The first-order chi connectivity index (χ1) is 14.0. The van der Waals surface area contributed by atoms with Gasteiger partial charge >= 0.3 is 0 Å². The monoisotopic (exact) mass is 413 g/mol. The summed E-state index contributed by atoms with van der Waals surface area (Å²) in [6.45, 7) is 3.73. The molecule has 1 aromatic heterocycles. The molecule has 29 heavy (non-hydrogen) atoms. The predicted molar refractivity (Wildman–Crippen MR) is 111 cm³/mol. The van der Waals surface area contributed by atoms with Crippen molar-refractivity contribution in [2.45, 2.75) is 12.8 Å². The Morgan fingerprint density at radius 1 is 1.24 bits per heavy atom. The largest absolute Gasteiger partial charge is 0.493 e. The Kier molecular flexibility index (Phi) is 6.56. The van der Waals surface area contributed by atoms with Gasteiger partial charge in [0.15, 0.2) is 11.5 Å². The van der Waals surface area contributed by atoms with Crippen LogP contribution in [0, 0.1) is 5.82 Å². The number of rotatable bonds is 8. The number of carbonyl (C=O) groups excluding carboxylic acids is 1. The van der Waals surface area contributed by atoms with Crippen molar-refractivity contribution in [2.24, 2.45) is 0 Å². The van der Waals surface area contributed by atoms with Crippen LogP contribution in [0.1, 0.15) is 26.5 Å². The Labute approximate surface area is 172 Å². The van der Waals surface area contributed by atoms with Crippen LogP contribution in [0.2, 0.25) is 0 Å². The van der Waals surface area contributed by atoms with Crippen LogP contribution >= 0.6 is 11.3 Å². The third-order valence-electron chi connectivity index (χ3n) is 4.11. The molecule has 2 aromatic carbocycles. The summed E-state index contributed by atoms with van der Waals surface area (Å²) in [4.78, 5) is 12.7. The SMILES string of the molecule is C=CCc1cc(C(=O)Nc2nnc(Cc3cccc(F)c3)s2)cc(OC)c1OC. The van der Waals surface area contributed by atoms with Crippen molar-refractivity contribution in [3.63, 3.8) is 0 Å². The van der Waals surface area contributed by atoms with Crippen LogP contribution < -0.4 is 14.8 Å². The first-order valence-electron chi connectivity index (χ1n) is 8.78. The summed E-state index contributed by atoms with van der Waals surface area (Å²) in [5.74, 6) is 0.382. The number of ether oxygens (including phenoxy) is 2. The molecular formula is C21H20FN3O3S. The van der Waals surface area contributed by atoms with E-state index in [4.69, 9.17) is 9.47 Å². The van der Waals surface area contributed by atoms with Crippen LogP contribution in [0.3, 0.4) is 0 Å².